The van der Waals surface area contributed by atoms with Crippen LogP contribution in [0.25, 0.3) is 0 Å². The van der Waals surface area contributed by atoms with Crippen molar-refractivity contribution in [3.05, 3.63) is 11.6 Å². The van der Waals surface area contributed by atoms with E-state index in [1.165, 1.54) is 18.1 Å². The standard InChI is InChI=1S/C9H11ClN6OS/c1-3-4-17-7-13-6(10)14-8(15-7)18-9-11-5-12-16(9)2/h5H,3-4H2,1-2H3. The molecule has 0 N–H and O–H groups in total. The molecular formula is C9H11ClN6OS. The van der Waals surface area contributed by atoms with E-state index in [-0.39, 0.29) is 11.3 Å². The van der Waals surface area contributed by atoms with Crippen LogP contribution in [0.15, 0.2) is 16.6 Å². The minimum atomic E-state index is 0.0979. The molecule has 0 atom stereocenters. The minimum Gasteiger partial charge on any atom is -0.463 e. The predicted octanol–water partition coefficient (Wildman–Crippen LogP) is 1.59. The van der Waals surface area contributed by atoms with E-state index in [2.05, 4.69) is 25.0 Å². The lowest BCUT2D eigenvalue weighted by Gasteiger charge is -2.04. The molecule has 0 bridgehead atoms. The molecule has 0 saturated heterocycles. The summed E-state index contributed by atoms with van der Waals surface area (Å²) in [6, 6.07) is 0.224. The summed E-state index contributed by atoms with van der Waals surface area (Å²) < 4.78 is 6.94. The van der Waals surface area contributed by atoms with Crippen LogP contribution in [0.3, 0.4) is 0 Å². The van der Waals surface area contributed by atoms with E-state index in [0.717, 1.165) is 6.42 Å². The third-order valence-corrected chi connectivity index (χ3v) is 2.94. The Bertz CT molecular complexity index is 534. The zero-order valence-corrected chi connectivity index (χ0v) is 11.4. The summed E-state index contributed by atoms with van der Waals surface area (Å²) in [7, 11) is 1.78. The number of ether oxygens (including phenoxy) is 1. The summed E-state index contributed by atoms with van der Waals surface area (Å²) in [5.74, 6) is 0. The number of hydrogen-bond donors (Lipinski definition) is 0. The van der Waals surface area contributed by atoms with Crippen molar-refractivity contribution in [2.24, 2.45) is 7.05 Å². The lowest BCUT2D eigenvalue weighted by molar-refractivity contribution is 0.288. The zero-order valence-electron chi connectivity index (χ0n) is 9.87. The smallest absolute Gasteiger partial charge is 0.321 e. The fraction of sp³-hybridized carbons (Fsp3) is 0.444. The molecule has 0 aliphatic carbocycles. The monoisotopic (exact) mass is 286 g/mol. The first-order chi connectivity index (χ1) is 8.69. The molecule has 9 heteroatoms. The van der Waals surface area contributed by atoms with Gasteiger partial charge in [0.25, 0.3) is 0 Å². The molecule has 0 amide bonds. The van der Waals surface area contributed by atoms with Crippen molar-refractivity contribution in [3.8, 4) is 6.01 Å². The molecule has 7 nitrogen and oxygen atoms in total. The summed E-state index contributed by atoms with van der Waals surface area (Å²) in [6.45, 7) is 2.53. The maximum absolute atomic E-state index is 5.81. The van der Waals surface area contributed by atoms with Crippen LogP contribution in [0.4, 0.5) is 0 Å². The Labute approximate surface area is 113 Å². The first-order valence-corrected chi connectivity index (χ1v) is 6.44. The summed E-state index contributed by atoms with van der Waals surface area (Å²) >= 11 is 7.06. The van der Waals surface area contributed by atoms with Crippen molar-refractivity contribution in [3.63, 3.8) is 0 Å². The topological polar surface area (TPSA) is 78.6 Å². The Morgan fingerprint density at radius 2 is 2.22 bits per heavy atom. The van der Waals surface area contributed by atoms with Gasteiger partial charge >= 0.3 is 6.01 Å². The van der Waals surface area contributed by atoms with Crippen LogP contribution in [0, 0.1) is 0 Å². The Kier molecular flexibility index (Phi) is 4.32. The van der Waals surface area contributed by atoms with Crippen molar-refractivity contribution < 1.29 is 4.74 Å². The molecule has 0 aliphatic heterocycles. The van der Waals surface area contributed by atoms with E-state index >= 15 is 0 Å². The van der Waals surface area contributed by atoms with Gasteiger partial charge in [-0.2, -0.15) is 20.1 Å². The second-order valence-electron chi connectivity index (χ2n) is 3.29. The van der Waals surface area contributed by atoms with Gasteiger partial charge in [0.1, 0.15) is 6.33 Å². The molecule has 0 saturated carbocycles. The number of hydrogen-bond acceptors (Lipinski definition) is 7. The van der Waals surface area contributed by atoms with Gasteiger partial charge in [0.2, 0.25) is 10.4 Å². The third kappa shape index (κ3) is 3.30. The average Bonchev–Trinajstić information content (AvgIpc) is 2.72. The van der Waals surface area contributed by atoms with Crippen LogP contribution in [-0.4, -0.2) is 36.3 Å². The first-order valence-electron chi connectivity index (χ1n) is 5.25. The van der Waals surface area contributed by atoms with Crippen LogP contribution in [-0.2, 0) is 7.05 Å². The average molecular weight is 287 g/mol. The summed E-state index contributed by atoms with van der Waals surface area (Å²) in [4.78, 5) is 16.1. The van der Waals surface area contributed by atoms with Crippen LogP contribution >= 0.6 is 23.4 Å². The number of rotatable bonds is 5. The van der Waals surface area contributed by atoms with Gasteiger partial charge in [0.05, 0.1) is 6.61 Å². The molecular weight excluding hydrogens is 276 g/mol. The van der Waals surface area contributed by atoms with Crippen molar-refractivity contribution in [2.45, 2.75) is 23.7 Å². The number of halogens is 1. The summed E-state index contributed by atoms with van der Waals surface area (Å²) in [6.07, 6.45) is 2.33. The van der Waals surface area contributed by atoms with Crippen molar-refractivity contribution >= 4 is 23.4 Å². The SMILES string of the molecule is CCCOc1nc(Cl)nc(Sc2ncnn2C)n1. The molecule has 2 heterocycles. The quantitative estimate of drug-likeness (QED) is 0.826. The molecule has 2 rings (SSSR count). The van der Waals surface area contributed by atoms with Crippen molar-refractivity contribution in [1.29, 1.82) is 0 Å². The zero-order chi connectivity index (χ0) is 13.0. The van der Waals surface area contributed by atoms with Crippen molar-refractivity contribution in [1.82, 2.24) is 29.7 Å². The van der Waals surface area contributed by atoms with E-state index in [0.29, 0.717) is 16.9 Å². The van der Waals surface area contributed by atoms with Gasteiger partial charge < -0.3 is 4.74 Å². The Morgan fingerprint density at radius 1 is 1.39 bits per heavy atom. The van der Waals surface area contributed by atoms with Gasteiger partial charge in [-0.05, 0) is 29.8 Å². The number of aromatic nitrogens is 6. The Hall–Kier alpha value is -1.41. The molecule has 0 radical (unpaired) electrons. The molecule has 18 heavy (non-hydrogen) atoms. The second-order valence-corrected chi connectivity index (χ2v) is 4.56. The highest BCUT2D eigenvalue weighted by molar-refractivity contribution is 7.99. The maximum Gasteiger partial charge on any atom is 0.321 e. The normalized spacial score (nSPS) is 10.6. The van der Waals surface area contributed by atoms with E-state index in [4.69, 9.17) is 16.3 Å². The maximum atomic E-state index is 5.81. The highest BCUT2D eigenvalue weighted by Gasteiger charge is 2.10. The van der Waals surface area contributed by atoms with Gasteiger partial charge in [-0.15, -0.1) is 0 Å². The van der Waals surface area contributed by atoms with Gasteiger partial charge in [-0.25, -0.2) is 9.67 Å². The Balaban J connectivity index is 2.17. The van der Waals surface area contributed by atoms with E-state index in [1.807, 2.05) is 6.92 Å². The lowest BCUT2D eigenvalue weighted by atomic mass is 10.5. The summed E-state index contributed by atoms with van der Waals surface area (Å²) in [5, 5.41) is 5.15. The van der Waals surface area contributed by atoms with Crippen LogP contribution in [0.2, 0.25) is 5.28 Å². The Morgan fingerprint density at radius 3 is 2.89 bits per heavy atom. The molecule has 2 aromatic rings. The first kappa shape index (κ1) is 13.0. The molecule has 0 spiro atoms. The van der Waals surface area contributed by atoms with Gasteiger partial charge in [-0.1, -0.05) is 6.92 Å². The fourth-order valence-electron chi connectivity index (χ4n) is 1.08. The van der Waals surface area contributed by atoms with Crippen molar-refractivity contribution in [2.75, 3.05) is 6.61 Å². The minimum absolute atomic E-state index is 0.0979. The molecule has 0 fully saturated rings. The van der Waals surface area contributed by atoms with Gasteiger partial charge in [0, 0.05) is 7.05 Å². The largest absolute Gasteiger partial charge is 0.463 e. The highest BCUT2D eigenvalue weighted by atomic mass is 35.5. The molecule has 0 unspecified atom stereocenters. The highest BCUT2D eigenvalue weighted by Crippen LogP contribution is 2.23. The third-order valence-electron chi connectivity index (χ3n) is 1.85. The van der Waals surface area contributed by atoms with Crippen LogP contribution < -0.4 is 4.74 Å². The predicted molar refractivity (Wildman–Crippen MR) is 65.7 cm³/mol. The van der Waals surface area contributed by atoms with Gasteiger partial charge in [0.15, 0.2) is 5.16 Å². The molecule has 96 valence electrons. The van der Waals surface area contributed by atoms with E-state index in [9.17, 15) is 0 Å². The lowest BCUT2D eigenvalue weighted by Crippen LogP contribution is -2.03. The summed E-state index contributed by atoms with van der Waals surface area (Å²) in [5.41, 5.74) is 0. The van der Waals surface area contributed by atoms with Crippen LogP contribution in [0.1, 0.15) is 13.3 Å². The van der Waals surface area contributed by atoms with E-state index in [1.54, 1.807) is 11.7 Å². The number of aryl methyl sites for hydroxylation is 1. The number of nitrogens with zero attached hydrogens (tertiary/aromatic N) is 6. The fourth-order valence-corrected chi connectivity index (χ4v) is 1.98. The van der Waals surface area contributed by atoms with Crippen LogP contribution in [0.5, 0.6) is 6.01 Å². The van der Waals surface area contributed by atoms with Gasteiger partial charge in [-0.3, -0.25) is 0 Å². The molecule has 2 aromatic heterocycles. The molecule has 0 aliphatic rings. The molecule has 0 aromatic carbocycles. The van der Waals surface area contributed by atoms with E-state index < -0.39 is 0 Å². The second kappa shape index (κ2) is 5.96.